The van der Waals surface area contributed by atoms with Crippen LogP contribution >= 0.6 is 23.1 Å². The van der Waals surface area contributed by atoms with Gasteiger partial charge in [0.1, 0.15) is 0 Å². The topological polar surface area (TPSA) is 101 Å². The van der Waals surface area contributed by atoms with Gasteiger partial charge in [-0.25, -0.2) is 0 Å². The largest absolute Gasteiger partial charge is 0.300 e. The molecule has 1 aliphatic heterocycles. The number of hydrogen-bond acceptors (Lipinski definition) is 7. The molecule has 1 aromatic heterocycles. The number of anilines is 1. The van der Waals surface area contributed by atoms with E-state index in [0.717, 1.165) is 4.34 Å². The molecule has 0 bridgehead atoms. The maximum absolute atomic E-state index is 12.0. The Hall–Kier alpha value is -1.74. The molecule has 1 aromatic rings. The van der Waals surface area contributed by atoms with E-state index in [-0.39, 0.29) is 18.7 Å². The molecule has 2 rings (SSSR count). The van der Waals surface area contributed by atoms with Crippen molar-refractivity contribution in [3.05, 3.63) is 12.7 Å². The highest BCUT2D eigenvalue weighted by molar-refractivity contribution is 8.01. The minimum Gasteiger partial charge on any atom is -0.300 e. The molecule has 3 amide bonds. The normalized spacial score (nSPS) is 15.8. The Labute approximate surface area is 123 Å². The zero-order valence-corrected chi connectivity index (χ0v) is 12.1. The summed E-state index contributed by atoms with van der Waals surface area (Å²) in [7, 11) is 0. The quantitative estimate of drug-likeness (QED) is 0.361. The number of thioether (sulfide) groups is 1. The average molecular weight is 312 g/mol. The molecule has 106 valence electrons. The summed E-state index contributed by atoms with van der Waals surface area (Å²) in [6, 6.07) is 0. The van der Waals surface area contributed by atoms with Crippen LogP contribution in [0.25, 0.3) is 0 Å². The zero-order chi connectivity index (χ0) is 14.5. The van der Waals surface area contributed by atoms with E-state index in [1.165, 1.54) is 23.1 Å². The Kier molecular flexibility index (Phi) is 4.85. The second kappa shape index (κ2) is 6.62. The summed E-state index contributed by atoms with van der Waals surface area (Å²) in [5.74, 6) is -1.18. The number of amides is 3. The van der Waals surface area contributed by atoms with E-state index in [2.05, 4.69) is 27.4 Å². The van der Waals surface area contributed by atoms with Crippen molar-refractivity contribution in [3.8, 4) is 0 Å². The highest BCUT2D eigenvalue weighted by Gasteiger charge is 2.30. The Morgan fingerprint density at radius 1 is 1.45 bits per heavy atom. The van der Waals surface area contributed by atoms with Gasteiger partial charge in [-0.1, -0.05) is 29.2 Å². The number of rotatable bonds is 5. The molecule has 0 atom stereocenters. The number of nitrogens with zero attached hydrogens (tertiary/aromatic N) is 2. The fraction of sp³-hybridized carbons (Fsp3) is 0.364. The van der Waals surface area contributed by atoms with E-state index in [1.54, 1.807) is 6.08 Å². The third-order valence-corrected chi connectivity index (χ3v) is 4.44. The summed E-state index contributed by atoms with van der Waals surface area (Å²) in [5, 5.41) is 12.8. The lowest BCUT2D eigenvalue weighted by molar-refractivity contribution is -0.138. The second-order valence-corrected chi connectivity index (χ2v) is 6.28. The van der Waals surface area contributed by atoms with Crippen molar-refractivity contribution >= 4 is 46.0 Å². The number of carbonyl (C=O) groups is 3. The highest BCUT2D eigenvalue weighted by atomic mass is 32.2. The molecule has 2 N–H and O–H groups in total. The van der Waals surface area contributed by atoms with Gasteiger partial charge in [-0.05, 0) is 0 Å². The lowest BCUT2D eigenvalue weighted by atomic mass is 9.96. The average Bonchev–Trinajstić information content (AvgIpc) is 2.82. The van der Waals surface area contributed by atoms with Gasteiger partial charge in [0, 0.05) is 18.6 Å². The van der Waals surface area contributed by atoms with Crippen molar-refractivity contribution in [2.45, 2.75) is 17.2 Å². The van der Waals surface area contributed by atoms with Gasteiger partial charge in [0.25, 0.3) is 0 Å². The van der Waals surface area contributed by atoms with E-state index in [1.807, 2.05) is 0 Å². The Morgan fingerprint density at radius 2 is 2.15 bits per heavy atom. The number of hydrogen-bond donors (Lipinski definition) is 2. The molecule has 0 spiro atoms. The van der Waals surface area contributed by atoms with Crippen molar-refractivity contribution in [1.82, 2.24) is 15.5 Å². The molecule has 0 aromatic carbocycles. The summed E-state index contributed by atoms with van der Waals surface area (Å²) in [6.07, 6.45) is 1.76. The van der Waals surface area contributed by atoms with Gasteiger partial charge in [0.2, 0.25) is 22.9 Å². The Balaban J connectivity index is 1.93. The Morgan fingerprint density at radius 3 is 2.80 bits per heavy atom. The number of aromatic nitrogens is 2. The van der Waals surface area contributed by atoms with Crippen LogP contribution < -0.4 is 10.6 Å². The maximum Gasteiger partial charge on any atom is 0.230 e. The van der Waals surface area contributed by atoms with Gasteiger partial charge in [0.15, 0.2) is 4.34 Å². The number of piperidine rings is 1. The van der Waals surface area contributed by atoms with Crippen molar-refractivity contribution in [1.29, 1.82) is 0 Å². The predicted octanol–water partition coefficient (Wildman–Crippen LogP) is 0.807. The van der Waals surface area contributed by atoms with Gasteiger partial charge < -0.3 is 5.32 Å². The van der Waals surface area contributed by atoms with Gasteiger partial charge in [-0.15, -0.1) is 16.8 Å². The smallest absolute Gasteiger partial charge is 0.230 e. The van der Waals surface area contributed by atoms with Gasteiger partial charge in [-0.2, -0.15) is 0 Å². The Bertz CT molecular complexity index is 542. The van der Waals surface area contributed by atoms with E-state index < -0.39 is 17.7 Å². The molecule has 0 saturated carbocycles. The molecule has 1 aliphatic rings. The summed E-state index contributed by atoms with van der Waals surface area (Å²) in [5.41, 5.74) is 0. The zero-order valence-electron chi connectivity index (χ0n) is 10.4. The van der Waals surface area contributed by atoms with Crippen LogP contribution in [0, 0.1) is 5.92 Å². The van der Waals surface area contributed by atoms with Gasteiger partial charge >= 0.3 is 0 Å². The summed E-state index contributed by atoms with van der Waals surface area (Å²) < 4.78 is 0.720. The van der Waals surface area contributed by atoms with Crippen LogP contribution in [0.3, 0.4) is 0 Å². The fourth-order valence-electron chi connectivity index (χ4n) is 1.62. The molecule has 0 radical (unpaired) electrons. The van der Waals surface area contributed by atoms with Gasteiger partial charge in [0.05, 0.1) is 5.92 Å². The van der Waals surface area contributed by atoms with Crippen molar-refractivity contribution in [2.24, 2.45) is 5.92 Å². The highest BCUT2D eigenvalue weighted by Crippen LogP contribution is 2.26. The first-order valence-corrected chi connectivity index (χ1v) is 7.59. The number of imide groups is 1. The molecule has 0 aliphatic carbocycles. The molecule has 2 heterocycles. The third kappa shape index (κ3) is 3.87. The van der Waals surface area contributed by atoms with Crippen LogP contribution in [0.15, 0.2) is 17.0 Å². The van der Waals surface area contributed by atoms with Crippen molar-refractivity contribution in [2.75, 3.05) is 11.1 Å². The summed E-state index contributed by atoms with van der Waals surface area (Å²) in [4.78, 5) is 34.4. The van der Waals surface area contributed by atoms with Crippen LogP contribution in [-0.2, 0) is 14.4 Å². The van der Waals surface area contributed by atoms with Crippen LogP contribution in [0.1, 0.15) is 12.8 Å². The minimum atomic E-state index is -0.649. The lowest BCUT2D eigenvalue weighted by Gasteiger charge is -2.19. The molecule has 1 fully saturated rings. The summed E-state index contributed by atoms with van der Waals surface area (Å²) >= 11 is 2.70. The van der Waals surface area contributed by atoms with Crippen LogP contribution in [-0.4, -0.2) is 33.7 Å². The van der Waals surface area contributed by atoms with E-state index in [4.69, 9.17) is 0 Å². The van der Waals surface area contributed by atoms with Gasteiger partial charge in [-0.3, -0.25) is 19.7 Å². The molecule has 9 heteroatoms. The predicted molar refractivity (Wildman–Crippen MR) is 75.3 cm³/mol. The van der Waals surface area contributed by atoms with E-state index >= 15 is 0 Å². The standard InChI is InChI=1S/C11H12N4O3S2/c1-2-3-19-11-15-14-10(20-11)13-9(18)6-4-7(16)12-8(17)5-6/h2,6H,1,3-5H2,(H,12,16,17)(H,13,14,18). The van der Waals surface area contributed by atoms with Crippen molar-refractivity contribution < 1.29 is 14.4 Å². The molecule has 1 saturated heterocycles. The number of nitrogens with one attached hydrogen (secondary N) is 2. The fourth-order valence-corrected chi connectivity index (χ4v) is 3.13. The molecule has 7 nitrogen and oxygen atoms in total. The van der Waals surface area contributed by atoms with Crippen molar-refractivity contribution in [3.63, 3.8) is 0 Å². The molecule has 0 unspecified atom stereocenters. The molecular weight excluding hydrogens is 300 g/mol. The second-order valence-electron chi connectivity index (χ2n) is 4.04. The molecular formula is C11H12N4O3S2. The monoisotopic (exact) mass is 312 g/mol. The number of carbonyl (C=O) groups excluding carboxylic acids is 3. The van der Waals surface area contributed by atoms with Crippen LogP contribution in [0.4, 0.5) is 5.13 Å². The first-order valence-electron chi connectivity index (χ1n) is 5.79. The lowest BCUT2D eigenvalue weighted by Crippen LogP contribution is -2.42. The minimum absolute atomic E-state index is 0.00838. The van der Waals surface area contributed by atoms with E-state index in [0.29, 0.717) is 10.9 Å². The van der Waals surface area contributed by atoms with E-state index in [9.17, 15) is 14.4 Å². The SMILES string of the molecule is C=CCSc1nnc(NC(=O)C2CC(=O)NC(=O)C2)s1. The summed E-state index contributed by atoms with van der Waals surface area (Å²) in [6.45, 7) is 3.60. The third-order valence-electron chi connectivity index (χ3n) is 2.47. The van der Waals surface area contributed by atoms with Crippen LogP contribution in [0.2, 0.25) is 0 Å². The van der Waals surface area contributed by atoms with Crippen LogP contribution in [0.5, 0.6) is 0 Å². The first kappa shape index (κ1) is 14.7. The molecule has 20 heavy (non-hydrogen) atoms. The first-order chi connectivity index (χ1) is 9.58. The maximum atomic E-state index is 12.0.